The lowest BCUT2D eigenvalue weighted by atomic mass is 10.2. The minimum absolute atomic E-state index is 0.736. The van der Waals surface area contributed by atoms with Crippen molar-refractivity contribution in [3.63, 3.8) is 0 Å². The monoisotopic (exact) mass is 247 g/mol. The van der Waals surface area contributed by atoms with E-state index in [1.54, 1.807) is 0 Å². The van der Waals surface area contributed by atoms with E-state index in [9.17, 15) is 0 Å². The van der Waals surface area contributed by atoms with Gasteiger partial charge in [-0.25, -0.2) is 0 Å². The Hall–Kier alpha value is -1.54. The van der Waals surface area contributed by atoms with Crippen molar-refractivity contribution in [2.45, 2.75) is 20.8 Å². The summed E-state index contributed by atoms with van der Waals surface area (Å²) in [4.78, 5) is 4.44. The fraction of sp³-hybridized carbons (Fsp3) is 0.214. The molecule has 0 unspecified atom stereocenters. The van der Waals surface area contributed by atoms with E-state index >= 15 is 0 Å². The van der Waals surface area contributed by atoms with Gasteiger partial charge in [0.05, 0.1) is 5.69 Å². The van der Waals surface area contributed by atoms with Crippen LogP contribution in [0.5, 0.6) is 0 Å². The summed E-state index contributed by atoms with van der Waals surface area (Å²) in [6.07, 6.45) is 1.81. The first-order valence-corrected chi connectivity index (χ1v) is 5.82. The van der Waals surface area contributed by atoms with Gasteiger partial charge in [-0.15, -0.1) is 0 Å². The number of rotatable bonds is 2. The maximum atomic E-state index is 6.04. The third-order valence-electron chi connectivity index (χ3n) is 2.66. The van der Waals surface area contributed by atoms with E-state index in [2.05, 4.69) is 4.99 Å². The van der Waals surface area contributed by atoms with E-state index in [1.165, 1.54) is 0 Å². The van der Waals surface area contributed by atoms with Gasteiger partial charge in [-0.05, 0) is 44.5 Å². The van der Waals surface area contributed by atoms with Gasteiger partial charge >= 0.3 is 0 Å². The van der Waals surface area contributed by atoms with Crippen LogP contribution in [-0.4, -0.2) is 6.21 Å². The Bertz CT molecular complexity index is 570. The van der Waals surface area contributed by atoms with Crippen molar-refractivity contribution in [1.29, 1.82) is 0 Å². The fourth-order valence-corrected chi connectivity index (χ4v) is 1.82. The van der Waals surface area contributed by atoms with Crippen LogP contribution in [0, 0.1) is 20.8 Å². The zero-order valence-electron chi connectivity index (χ0n) is 10.1. The molecular weight excluding hydrogens is 234 g/mol. The van der Waals surface area contributed by atoms with Crippen molar-refractivity contribution in [2.24, 2.45) is 4.99 Å². The molecule has 0 saturated heterocycles. The molecule has 0 bridgehead atoms. The number of hydrogen-bond acceptors (Lipinski definition) is 2. The van der Waals surface area contributed by atoms with Crippen LogP contribution in [0.2, 0.25) is 5.02 Å². The predicted octanol–water partition coefficient (Wildman–Crippen LogP) is 4.61. The van der Waals surface area contributed by atoms with Crippen molar-refractivity contribution in [2.75, 3.05) is 0 Å². The Kier molecular flexibility index (Phi) is 3.34. The second kappa shape index (κ2) is 4.76. The van der Waals surface area contributed by atoms with Crippen molar-refractivity contribution >= 4 is 23.5 Å². The standard InChI is InChI=1S/C14H14ClNO/c1-9-7-12(11(3)17-9)8-16-14-6-4-5-13(15)10(14)2/h4-8H,1-3H3. The molecule has 88 valence electrons. The lowest BCUT2D eigenvalue weighted by Gasteiger charge is -2.00. The van der Waals surface area contributed by atoms with Crippen molar-refractivity contribution in [3.8, 4) is 0 Å². The summed E-state index contributed by atoms with van der Waals surface area (Å²) in [6.45, 7) is 5.82. The average Bonchev–Trinajstić information content (AvgIpc) is 2.60. The molecule has 1 heterocycles. The molecule has 0 aliphatic rings. The van der Waals surface area contributed by atoms with Crippen molar-refractivity contribution in [1.82, 2.24) is 0 Å². The van der Waals surface area contributed by atoms with Gasteiger partial charge in [0.15, 0.2) is 0 Å². The SMILES string of the molecule is Cc1cc(C=Nc2cccc(Cl)c2C)c(C)o1. The highest BCUT2D eigenvalue weighted by Gasteiger charge is 2.03. The summed E-state index contributed by atoms with van der Waals surface area (Å²) in [5.74, 6) is 1.78. The third kappa shape index (κ3) is 2.59. The zero-order valence-corrected chi connectivity index (χ0v) is 10.9. The fourth-order valence-electron chi connectivity index (χ4n) is 1.65. The first-order valence-electron chi connectivity index (χ1n) is 5.44. The third-order valence-corrected chi connectivity index (χ3v) is 3.07. The second-order valence-electron chi connectivity index (χ2n) is 4.01. The van der Waals surface area contributed by atoms with E-state index in [1.807, 2.05) is 51.3 Å². The number of aryl methyl sites for hydroxylation is 2. The summed E-state index contributed by atoms with van der Waals surface area (Å²) < 4.78 is 5.44. The topological polar surface area (TPSA) is 25.5 Å². The van der Waals surface area contributed by atoms with E-state index < -0.39 is 0 Å². The summed E-state index contributed by atoms with van der Waals surface area (Å²) in [6, 6.07) is 7.68. The molecule has 0 spiro atoms. The number of benzene rings is 1. The zero-order chi connectivity index (χ0) is 12.4. The summed E-state index contributed by atoms with van der Waals surface area (Å²) in [5, 5.41) is 0.736. The Morgan fingerprint density at radius 3 is 2.65 bits per heavy atom. The van der Waals surface area contributed by atoms with Gasteiger partial charge in [0.1, 0.15) is 11.5 Å². The summed E-state index contributed by atoms with van der Waals surface area (Å²) in [5.41, 5.74) is 2.88. The number of nitrogens with zero attached hydrogens (tertiary/aromatic N) is 1. The van der Waals surface area contributed by atoms with Crippen molar-refractivity contribution < 1.29 is 4.42 Å². The molecule has 0 saturated carbocycles. The smallest absolute Gasteiger partial charge is 0.109 e. The molecule has 2 nitrogen and oxygen atoms in total. The lowest BCUT2D eigenvalue weighted by Crippen LogP contribution is -1.81. The van der Waals surface area contributed by atoms with Crippen LogP contribution in [0.15, 0.2) is 33.7 Å². The van der Waals surface area contributed by atoms with Gasteiger partial charge in [0.2, 0.25) is 0 Å². The Morgan fingerprint density at radius 2 is 2.00 bits per heavy atom. The number of furan rings is 1. The van der Waals surface area contributed by atoms with Gasteiger partial charge < -0.3 is 4.42 Å². The average molecular weight is 248 g/mol. The number of hydrogen-bond donors (Lipinski definition) is 0. The number of aliphatic imine (C=N–C) groups is 1. The molecule has 0 N–H and O–H groups in total. The van der Waals surface area contributed by atoms with Crippen LogP contribution in [0.25, 0.3) is 0 Å². The quantitative estimate of drug-likeness (QED) is 0.712. The molecule has 0 atom stereocenters. The first-order chi connectivity index (χ1) is 8.08. The molecule has 0 fully saturated rings. The molecular formula is C14H14ClNO. The molecule has 2 aromatic rings. The van der Waals surface area contributed by atoms with Crippen LogP contribution in [0.3, 0.4) is 0 Å². The highest BCUT2D eigenvalue weighted by molar-refractivity contribution is 6.31. The van der Waals surface area contributed by atoms with Crippen LogP contribution in [0.1, 0.15) is 22.6 Å². The van der Waals surface area contributed by atoms with E-state index in [4.69, 9.17) is 16.0 Å². The number of halogens is 1. The molecule has 1 aromatic carbocycles. The molecule has 0 radical (unpaired) electrons. The Balaban J connectivity index is 2.32. The summed E-state index contributed by atoms with van der Waals surface area (Å²) in [7, 11) is 0. The summed E-state index contributed by atoms with van der Waals surface area (Å²) >= 11 is 6.04. The van der Waals surface area contributed by atoms with Crippen LogP contribution in [-0.2, 0) is 0 Å². The van der Waals surface area contributed by atoms with E-state index in [0.29, 0.717) is 0 Å². The minimum atomic E-state index is 0.736. The molecule has 17 heavy (non-hydrogen) atoms. The van der Waals surface area contributed by atoms with Crippen LogP contribution in [0.4, 0.5) is 5.69 Å². The second-order valence-corrected chi connectivity index (χ2v) is 4.42. The molecule has 2 rings (SSSR count). The Labute approximate surface area is 106 Å². The highest BCUT2D eigenvalue weighted by Crippen LogP contribution is 2.25. The lowest BCUT2D eigenvalue weighted by molar-refractivity contribution is 0.504. The van der Waals surface area contributed by atoms with Crippen LogP contribution >= 0.6 is 11.6 Å². The highest BCUT2D eigenvalue weighted by atomic mass is 35.5. The van der Waals surface area contributed by atoms with Crippen LogP contribution < -0.4 is 0 Å². The molecule has 0 aliphatic carbocycles. The largest absolute Gasteiger partial charge is 0.466 e. The molecule has 0 amide bonds. The normalized spacial score (nSPS) is 11.3. The van der Waals surface area contributed by atoms with Gasteiger partial charge in [0.25, 0.3) is 0 Å². The Morgan fingerprint density at radius 1 is 1.24 bits per heavy atom. The molecule has 3 heteroatoms. The van der Waals surface area contributed by atoms with E-state index in [-0.39, 0.29) is 0 Å². The van der Waals surface area contributed by atoms with Gasteiger partial charge in [-0.3, -0.25) is 4.99 Å². The maximum Gasteiger partial charge on any atom is 0.109 e. The van der Waals surface area contributed by atoms with E-state index in [0.717, 1.165) is 33.4 Å². The predicted molar refractivity (Wildman–Crippen MR) is 71.6 cm³/mol. The van der Waals surface area contributed by atoms with Crippen molar-refractivity contribution in [3.05, 3.63) is 51.9 Å². The maximum absolute atomic E-state index is 6.04. The van der Waals surface area contributed by atoms with Gasteiger partial charge in [-0.1, -0.05) is 17.7 Å². The molecule has 1 aromatic heterocycles. The molecule has 0 aliphatic heterocycles. The minimum Gasteiger partial charge on any atom is -0.466 e. The van der Waals surface area contributed by atoms with Gasteiger partial charge in [-0.2, -0.15) is 0 Å². The van der Waals surface area contributed by atoms with Gasteiger partial charge in [0, 0.05) is 16.8 Å². The first kappa shape index (κ1) is 11.9.